The maximum absolute atomic E-state index is 13.0. The number of ether oxygens (including phenoxy) is 1. The minimum absolute atomic E-state index is 0.0751. The van der Waals surface area contributed by atoms with Gasteiger partial charge in [-0.25, -0.2) is 0 Å². The highest BCUT2D eigenvalue weighted by molar-refractivity contribution is 6.74. The van der Waals surface area contributed by atoms with Gasteiger partial charge in [0.05, 0.1) is 24.7 Å². The van der Waals surface area contributed by atoms with E-state index in [-0.39, 0.29) is 34.7 Å². The van der Waals surface area contributed by atoms with Crippen molar-refractivity contribution in [2.24, 2.45) is 23.7 Å². The van der Waals surface area contributed by atoms with E-state index in [1.54, 1.807) is 0 Å². The molecule has 188 valence electrons. The molecule has 2 saturated carbocycles. The van der Waals surface area contributed by atoms with Crippen LogP contribution in [0.25, 0.3) is 0 Å². The van der Waals surface area contributed by atoms with Crippen LogP contribution in [0.4, 0.5) is 0 Å². The highest BCUT2D eigenvalue weighted by Gasteiger charge is 2.49. The zero-order valence-corrected chi connectivity index (χ0v) is 23.5. The van der Waals surface area contributed by atoms with Gasteiger partial charge in [-0.2, -0.15) is 0 Å². The normalized spacial score (nSPS) is 27.7. The summed E-state index contributed by atoms with van der Waals surface area (Å²) in [5, 5.41) is 0.521. The summed E-state index contributed by atoms with van der Waals surface area (Å²) in [6.07, 6.45) is 11.2. The van der Waals surface area contributed by atoms with E-state index in [9.17, 15) is 9.59 Å². The number of ketones is 1. The summed E-state index contributed by atoms with van der Waals surface area (Å²) in [6, 6.07) is 0. The summed E-state index contributed by atoms with van der Waals surface area (Å²) in [6.45, 7) is 11.4. The van der Waals surface area contributed by atoms with Crippen LogP contribution in [0.5, 0.6) is 0 Å². The molecule has 0 aromatic heterocycles. The molecule has 0 aliphatic heterocycles. The molecule has 0 saturated heterocycles. The average molecular weight is 505 g/mol. The lowest BCUT2D eigenvalue weighted by Gasteiger charge is -2.40. The molecule has 3 rings (SSSR count). The number of rotatable bonds is 7. The maximum Gasteiger partial charge on any atom is 0.306 e. The number of fused-ring (bicyclic) bond motifs is 1. The van der Waals surface area contributed by atoms with Crippen LogP contribution in [-0.4, -0.2) is 33.3 Å². The number of Topliss-reactive ketones (excluding diaryl/α,β-unsaturated/α-hetero) is 1. The van der Waals surface area contributed by atoms with Crippen LogP contribution in [0.1, 0.15) is 72.1 Å². The van der Waals surface area contributed by atoms with E-state index in [0.29, 0.717) is 29.7 Å². The highest BCUT2D eigenvalue weighted by Crippen LogP contribution is 2.51. The molecule has 0 amide bonds. The van der Waals surface area contributed by atoms with Gasteiger partial charge in [-0.15, -0.1) is 0 Å². The average Bonchev–Trinajstić information content (AvgIpc) is 3.48. The van der Waals surface area contributed by atoms with Crippen molar-refractivity contribution in [3.05, 3.63) is 22.8 Å². The largest absolute Gasteiger partial charge is 0.469 e. The summed E-state index contributed by atoms with van der Waals surface area (Å²) in [7, 11) is -0.573. The zero-order valence-electron chi connectivity index (χ0n) is 21.7. The molecular formula is C28H41ClO4Si. The number of carbonyl (C=O) groups excluding carboxylic acids is 2. The number of esters is 1. The van der Waals surface area contributed by atoms with Crippen molar-refractivity contribution in [3.8, 4) is 11.8 Å². The van der Waals surface area contributed by atoms with Gasteiger partial charge in [-0.05, 0) is 61.2 Å². The molecule has 2 fully saturated rings. The van der Waals surface area contributed by atoms with Gasteiger partial charge in [0.15, 0.2) is 14.1 Å². The molecule has 34 heavy (non-hydrogen) atoms. The van der Waals surface area contributed by atoms with Crippen molar-refractivity contribution >= 4 is 31.7 Å². The molecule has 0 spiro atoms. The minimum Gasteiger partial charge on any atom is -0.469 e. The summed E-state index contributed by atoms with van der Waals surface area (Å²) < 4.78 is 11.6. The summed E-state index contributed by atoms with van der Waals surface area (Å²) in [5.74, 6) is 7.20. The van der Waals surface area contributed by atoms with E-state index in [0.717, 1.165) is 44.1 Å². The number of allylic oxidation sites excluding steroid dienone is 3. The molecule has 0 aromatic carbocycles. The standard InChI is InChI=1S/C28H41ClO4Si/c1-28(2,3)34(5,6)33-25-17-21-15-19(11-7-10-14-26(30)32-4)16-22(21)23(25)18-24(29)27(31)20-12-8-9-13-20/h15,18,20-23,25H,8-10,12-14,16-17H2,1-6H3. The molecule has 0 radical (unpaired) electrons. The third kappa shape index (κ3) is 6.45. The molecule has 4 unspecified atom stereocenters. The Labute approximate surface area is 212 Å². The number of hydrogen-bond donors (Lipinski definition) is 0. The van der Waals surface area contributed by atoms with Gasteiger partial charge in [-0.1, -0.05) is 69.2 Å². The van der Waals surface area contributed by atoms with Crippen molar-refractivity contribution in [3.63, 3.8) is 0 Å². The molecular weight excluding hydrogens is 464 g/mol. The second kappa shape index (κ2) is 11.1. The monoisotopic (exact) mass is 504 g/mol. The van der Waals surface area contributed by atoms with E-state index < -0.39 is 8.32 Å². The van der Waals surface area contributed by atoms with Crippen LogP contribution < -0.4 is 0 Å². The summed E-state index contributed by atoms with van der Waals surface area (Å²) >= 11 is 6.67. The fourth-order valence-electron chi connectivity index (χ4n) is 5.30. The predicted octanol–water partition coefficient (Wildman–Crippen LogP) is 6.80. The highest BCUT2D eigenvalue weighted by atomic mass is 35.5. The summed E-state index contributed by atoms with van der Waals surface area (Å²) in [5.41, 5.74) is 1.13. The van der Waals surface area contributed by atoms with Crippen molar-refractivity contribution in [1.29, 1.82) is 0 Å². The van der Waals surface area contributed by atoms with Crippen LogP contribution in [-0.2, 0) is 18.8 Å². The van der Waals surface area contributed by atoms with E-state index in [2.05, 4.69) is 56.5 Å². The van der Waals surface area contributed by atoms with Gasteiger partial charge in [0.1, 0.15) is 0 Å². The molecule has 0 bridgehead atoms. The Morgan fingerprint density at radius 1 is 1.24 bits per heavy atom. The Hall–Kier alpha value is -1.35. The van der Waals surface area contributed by atoms with E-state index in [1.807, 2.05) is 6.08 Å². The molecule has 3 aliphatic rings. The fourth-order valence-corrected chi connectivity index (χ4v) is 6.97. The van der Waals surface area contributed by atoms with E-state index in [4.69, 9.17) is 16.0 Å². The number of hydrogen-bond acceptors (Lipinski definition) is 4. The van der Waals surface area contributed by atoms with Crippen LogP contribution in [0, 0.1) is 35.5 Å². The Morgan fingerprint density at radius 3 is 2.53 bits per heavy atom. The predicted molar refractivity (Wildman–Crippen MR) is 140 cm³/mol. The maximum atomic E-state index is 13.0. The van der Waals surface area contributed by atoms with Crippen LogP contribution in [0.2, 0.25) is 18.1 Å². The lowest BCUT2D eigenvalue weighted by molar-refractivity contribution is -0.140. The third-order valence-electron chi connectivity index (χ3n) is 8.33. The zero-order chi connectivity index (χ0) is 25.1. The SMILES string of the molecule is COC(=O)CCC#CC1=CC2CC(O[Si](C)(C)C(C)(C)C)C(C=C(Cl)C(=O)C3CCCC3)C2C1. The van der Waals surface area contributed by atoms with Gasteiger partial charge in [0.2, 0.25) is 0 Å². The van der Waals surface area contributed by atoms with Gasteiger partial charge >= 0.3 is 5.97 Å². The van der Waals surface area contributed by atoms with Crippen LogP contribution in [0.3, 0.4) is 0 Å². The van der Waals surface area contributed by atoms with Gasteiger partial charge < -0.3 is 9.16 Å². The summed E-state index contributed by atoms with van der Waals surface area (Å²) in [4.78, 5) is 24.3. The Balaban J connectivity index is 1.78. The first-order valence-corrected chi connectivity index (χ1v) is 16.1. The van der Waals surface area contributed by atoms with Gasteiger partial charge in [0.25, 0.3) is 0 Å². The van der Waals surface area contributed by atoms with E-state index >= 15 is 0 Å². The number of halogens is 1. The number of methoxy groups -OCH3 is 1. The van der Waals surface area contributed by atoms with Gasteiger partial charge in [-0.3, -0.25) is 9.59 Å². The number of carbonyl (C=O) groups is 2. The molecule has 4 nitrogen and oxygen atoms in total. The van der Waals surface area contributed by atoms with Gasteiger partial charge in [0, 0.05) is 18.3 Å². The molecule has 4 atom stereocenters. The Morgan fingerprint density at radius 2 is 1.91 bits per heavy atom. The van der Waals surface area contributed by atoms with Crippen molar-refractivity contribution in [2.45, 2.75) is 96.4 Å². The lowest BCUT2D eigenvalue weighted by atomic mass is 9.88. The molecule has 0 aromatic rings. The lowest BCUT2D eigenvalue weighted by Crippen LogP contribution is -2.45. The van der Waals surface area contributed by atoms with Crippen molar-refractivity contribution in [2.75, 3.05) is 7.11 Å². The first-order valence-electron chi connectivity index (χ1n) is 12.8. The van der Waals surface area contributed by atoms with Crippen molar-refractivity contribution in [1.82, 2.24) is 0 Å². The Bertz CT molecular complexity index is 896. The first-order chi connectivity index (χ1) is 15.9. The van der Waals surface area contributed by atoms with Crippen LogP contribution >= 0.6 is 11.6 Å². The fraction of sp³-hybridized carbons (Fsp3) is 0.714. The minimum atomic E-state index is -1.97. The second-order valence-electron chi connectivity index (χ2n) is 11.7. The molecule has 3 aliphatic carbocycles. The van der Waals surface area contributed by atoms with Crippen LogP contribution in [0.15, 0.2) is 22.8 Å². The first kappa shape index (κ1) is 27.2. The second-order valence-corrected chi connectivity index (χ2v) is 16.9. The third-order valence-corrected chi connectivity index (χ3v) is 13.1. The topological polar surface area (TPSA) is 52.6 Å². The van der Waals surface area contributed by atoms with Crippen molar-refractivity contribution < 1.29 is 18.8 Å². The molecule has 0 N–H and O–H groups in total. The van der Waals surface area contributed by atoms with E-state index in [1.165, 1.54) is 7.11 Å². The molecule has 6 heteroatoms. The Kier molecular flexibility index (Phi) is 8.93. The smallest absolute Gasteiger partial charge is 0.306 e. The molecule has 0 heterocycles. The quantitative estimate of drug-likeness (QED) is 0.165.